The van der Waals surface area contributed by atoms with Gasteiger partial charge in [-0.05, 0) is 18.2 Å². The summed E-state index contributed by atoms with van der Waals surface area (Å²) >= 11 is 4.15. The van der Waals surface area contributed by atoms with Crippen LogP contribution in [0.5, 0.6) is 0 Å². The molecule has 0 unspecified atom stereocenters. The predicted octanol–water partition coefficient (Wildman–Crippen LogP) is 4.30. The smallest absolute Gasteiger partial charge is 0.416 e. The quantitative estimate of drug-likeness (QED) is 0.830. The number of carbonyl (C=O) groups is 1. The summed E-state index contributed by atoms with van der Waals surface area (Å²) in [6.07, 6.45) is -4.68. The maximum absolute atomic E-state index is 12.7. The summed E-state index contributed by atoms with van der Waals surface area (Å²) in [5, 5.41) is 13.2. The molecule has 0 fully saturated rings. The van der Waals surface area contributed by atoms with E-state index in [1.165, 1.54) is 6.07 Å². The van der Waals surface area contributed by atoms with E-state index >= 15 is 0 Å². The fourth-order valence-electron chi connectivity index (χ4n) is 1.55. The number of hydrogen-bond donors (Lipinski definition) is 2. The van der Waals surface area contributed by atoms with Crippen LogP contribution in [0.25, 0.3) is 0 Å². The van der Waals surface area contributed by atoms with Crippen molar-refractivity contribution in [2.45, 2.75) is 12.6 Å². The first-order valence-corrected chi connectivity index (χ1v) is 7.22. The van der Waals surface area contributed by atoms with Crippen LogP contribution in [0.3, 0.4) is 0 Å². The average molecular weight is 381 g/mol. The van der Waals surface area contributed by atoms with Gasteiger partial charge in [-0.2, -0.15) is 13.2 Å². The molecule has 1 aromatic heterocycles. The molecule has 2 rings (SSSR count). The number of aliphatic carboxylic acids is 1. The van der Waals surface area contributed by atoms with Gasteiger partial charge < -0.3 is 10.4 Å². The standard InChI is InChI=1S/C12H8BrF3N2O2S/c13-7-1-6(12(14,15)16)2-8(3-7)17-11-18-9(5-21-11)4-10(19)20/h1-3,5H,4H2,(H,17,18)(H,19,20). The molecule has 0 bridgehead atoms. The highest BCUT2D eigenvalue weighted by Crippen LogP contribution is 2.34. The summed E-state index contributed by atoms with van der Waals surface area (Å²) in [5.74, 6) is -1.02. The molecule has 4 nitrogen and oxygen atoms in total. The van der Waals surface area contributed by atoms with E-state index in [1.54, 1.807) is 5.38 Å². The van der Waals surface area contributed by atoms with Crippen LogP contribution < -0.4 is 5.32 Å². The number of halogens is 4. The Kier molecular flexibility index (Phi) is 4.52. The molecular weight excluding hydrogens is 373 g/mol. The van der Waals surface area contributed by atoms with Gasteiger partial charge in [-0.1, -0.05) is 15.9 Å². The van der Waals surface area contributed by atoms with Crippen molar-refractivity contribution in [3.63, 3.8) is 0 Å². The molecule has 0 spiro atoms. The Labute approximate surface area is 129 Å². The SMILES string of the molecule is O=C(O)Cc1csc(Nc2cc(Br)cc(C(F)(F)F)c2)n1. The molecule has 21 heavy (non-hydrogen) atoms. The first-order chi connectivity index (χ1) is 9.74. The molecule has 0 saturated heterocycles. The normalized spacial score (nSPS) is 11.4. The Balaban J connectivity index is 2.21. The molecule has 0 saturated carbocycles. The first kappa shape index (κ1) is 15.8. The van der Waals surface area contributed by atoms with E-state index in [4.69, 9.17) is 5.11 Å². The summed E-state index contributed by atoms with van der Waals surface area (Å²) in [6, 6.07) is 3.42. The second-order valence-corrected chi connectivity index (χ2v) is 5.84. The highest BCUT2D eigenvalue weighted by Gasteiger charge is 2.31. The molecule has 0 atom stereocenters. The third-order valence-electron chi connectivity index (χ3n) is 2.36. The van der Waals surface area contributed by atoms with Crippen LogP contribution in [0.4, 0.5) is 24.0 Å². The van der Waals surface area contributed by atoms with Crippen LogP contribution in [-0.2, 0) is 17.4 Å². The summed E-state index contributed by atoms with van der Waals surface area (Å²) in [7, 11) is 0. The van der Waals surface area contributed by atoms with Gasteiger partial charge in [-0.25, -0.2) is 4.98 Å². The third-order valence-corrected chi connectivity index (χ3v) is 3.62. The molecule has 0 amide bonds. The second kappa shape index (κ2) is 6.02. The first-order valence-electron chi connectivity index (χ1n) is 5.55. The number of hydrogen-bond acceptors (Lipinski definition) is 4. The van der Waals surface area contributed by atoms with E-state index in [-0.39, 0.29) is 16.6 Å². The number of aromatic nitrogens is 1. The van der Waals surface area contributed by atoms with Crippen LogP contribution in [0.1, 0.15) is 11.3 Å². The van der Waals surface area contributed by atoms with E-state index in [1.807, 2.05) is 0 Å². The minimum absolute atomic E-state index is 0.216. The molecule has 2 aromatic rings. The Morgan fingerprint density at radius 2 is 2.10 bits per heavy atom. The summed E-state index contributed by atoms with van der Waals surface area (Å²) in [6.45, 7) is 0. The van der Waals surface area contributed by atoms with Gasteiger partial charge in [-0.3, -0.25) is 4.79 Å². The van der Waals surface area contributed by atoms with Crippen LogP contribution in [0.15, 0.2) is 28.1 Å². The van der Waals surface area contributed by atoms with E-state index in [9.17, 15) is 18.0 Å². The van der Waals surface area contributed by atoms with Crippen LogP contribution in [-0.4, -0.2) is 16.1 Å². The van der Waals surface area contributed by atoms with Gasteiger partial charge in [0.05, 0.1) is 17.7 Å². The Hall–Kier alpha value is -1.61. The molecule has 1 aromatic carbocycles. The number of benzene rings is 1. The summed E-state index contributed by atoms with van der Waals surface area (Å²) in [5.41, 5.74) is -0.226. The van der Waals surface area contributed by atoms with E-state index in [2.05, 4.69) is 26.2 Å². The Bertz CT molecular complexity index is 673. The number of carboxylic acid groups (broad SMARTS) is 1. The highest BCUT2D eigenvalue weighted by molar-refractivity contribution is 9.10. The molecule has 0 radical (unpaired) electrons. The van der Waals surface area contributed by atoms with E-state index < -0.39 is 17.7 Å². The topological polar surface area (TPSA) is 62.2 Å². The number of carboxylic acids is 1. The van der Waals surface area contributed by atoms with Gasteiger partial charge >= 0.3 is 12.1 Å². The summed E-state index contributed by atoms with van der Waals surface area (Å²) < 4.78 is 38.4. The molecule has 0 aliphatic carbocycles. The molecule has 9 heteroatoms. The van der Waals surface area contributed by atoms with Crippen molar-refractivity contribution in [2.75, 3.05) is 5.32 Å². The van der Waals surface area contributed by atoms with Crippen LogP contribution in [0.2, 0.25) is 0 Å². The number of rotatable bonds is 4. The number of nitrogens with zero attached hydrogens (tertiary/aromatic N) is 1. The van der Waals surface area contributed by atoms with Gasteiger partial charge in [0.2, 0.25) is 0 Å². The fraction of sp³-hybridized carbons (Fsp3) is 0.167. The van der Waals surface area contributed by atoms with Gasteiger partial charge in [0, 0.05) is 15.5 Å². The lowest BCUT2D eigenvalue weighted by atomic mass is 10.2. The Morgan fingerprint density at radius 3 is 2.71 bits per heavy atom. The zero-order valence-electron chi connectivity index (χ0n) is 10.2. The van der Waals surface area contributed by atoms with Gasteiger partial charge in [0.25, 0.3) is 0 Å². The minimum Gasteiger partial charge on any atom is -0.481 e. The number of nitrogens with one attached hydrogen (secondary N) is 1. The highest BCUT2D eigenvalue weighted by atomic mass is 79.9. The van der Waals surface area contributed by atoms with Gasteiger partial charge in [0.1, 0.15) is 0 Å². The molecule has 0 aliphatic heterocycles. The molecular formula is C12H8BrF3N2O2S. The van der Waals surface area contributed by atoms with Crippen LogP contribution >= 0.6 is 27.3 Å². The van der Waals surface area contributed by atoms with Gasteiger partial charge in [-0.15, -0.1) is 11.3 Å². The van der Waals surface area contributed by atoms with Crippen molar-refractivity contribution in [1.82, 2.24) is 4.98 Å². The van der Waals surface area contributed by atoms with Crippen molar-refractivity contribution in [2.24, 2.45) is 0 Å². The van der Waals surface area contributed by atoms with Crippen molar-refractivity contribution < 1.29 is 23.1 Å². The summed E-state index contributed by atoms with van der Waals surface area (Å²) in [4.78, 5) is 14.5. The molecule has 112 valence electrons. The number of anilines is 2. The van der Waals surface area contributed by atoms with Crippen LogP contribution in [0, 0.1) is 0 Å². The maximum atomic E-state index is 12.7. The third kappa shape index (κ3) is 4.43. The predicted molar refractivity (Wildman–Crippen MR) is 75.9 cm³/mol. The van der Waals surface area contributed by atoms with Crippen molar-refractivity contribution >= 4 is 44.1 Å². The fourth-order valence-corrected chi connectivity index (χ4v) is 2.77. The largest absolute Gasteiger partial charge is 0.481 e. The lowest BCUT2D eigenvalue weighted by molar-refractivity contribution is -0.138. The van der Waals surface area contributed by atoms with E-state index in [0.717, 1.165) is 23.5 Å². The van der Waals surface area contributed by atoms with Crippen molar-refractivity contribution in [1.29, 1.82) is 0 Å². The average Bonchev–Trinajstić information content (AvgIpc) is 2.73. The maximum Gasteiger partial charge on any atom is 0.416 e. The van der Waals surface area contributed by atoms with Gasteiger partial charge in [0.15, 0.2) is 5.13 Å². The monoisotopic (exact) mass is 380 g/mol. The zero-order chi connectivity index (χ0) is 15.6. The van der Waals surface area contributed by atoms with Crippen molar-refractivity contribution in [3.05, 3.63) is 39.3 Å². The minimum atomic E-state index is -4.45. The molecule has 1 heterocycles. The number of alkyl halides is 3. The molecule has 0 aliphatic rings. The zero-order valence-corrected chi connectivity index (χ0v) is 12.6. The van der Waals surface area contributed by atoms with Crippen molar-refractivity contribution in [3.8, 4) is 0 Å². The Morgan fingerprint density at radius 1 is 1.38 bits per heavy atom. The van der Waals surface area contributed by atoms with E-state index in [0.29, 0.717) is 10.8 Å². The molecule has 2 N–H and O–H groups in total. The number of thiazole rings is 1. The second-order valence-electron chi connectivity index (χ2n) is 4.07. The lowest BCUT2D eigenvalue weighted by Gasteiger charge is -2.10. The lowest BCUT2D eigenvalue weighted by Crippen LogP contribution is -2.05.